The molecule has 0 aliphatic rings. The molecule has 0 fully saturated rings. The zero-order valence-electron chi connectivity index (χ0n) is 17.5. The number of benzene rings is 3. The van der Waals surface area contributed by atoms with Crippen LogP contribution >= 0.6 is 11.6 Å². The first-order chi connectivity index (χ1) is 16.3. The first-order valence-electron chi connectivity index (χ1n) is 10.1. The summed E-state index contributed by atoms with van der Waals surface area (Å²) in [6.07, 6.45) is -3.28. The molecule has 9 heteroatoms. The molecule has 174 valence electrons. The SMILES string of the molecule is O=C(COc1ccccc1)NC(c1ccccc1C(F)(F)F)c1cc(Cl)c2cccnc2c1O. The average molecular weight is 487 g/mol. The molecular weight excluding hydrogens is 469 g/mol. The van der Waals surface area contributed by atoms with Gasteiger partial charge in [0, 0.05) is 17.1 Å². The van der Waals surface area contributed by atoms with Crippen LogP contribution in [0.25, 0.3) is 10.9 Å². The molecule has 0 aliphatic carbocycles. The van der Waals surface area contributed by atoms with Crippen LogP contribution in [0.3, 0.4) is 0 Å². The number of nitrogens with zero attached hydrogens (tertiary/aromatic N) is 1. The molecular formula is C25H18ClF3N2O3. The quantitative estimate of drug-likeness (QED) is 0.356. The van der Waals surface area contributed by atoms with Crippen molar-refractivity contribution in [3.8, 4) is 11.5 Å². The van der Waals surface area contributed by atoms with E-state index in [2.05, 4.69) is 10.3 Å². The predicted molar refractivity (Wildman–Crippen MR) is 122 cm³/mol. The van der Waals surface area contributed by atoms with Crippen LogP contribution in [0.5, 0.6) is 11.5 Å². The molecule has 0 bridgehead atoms. The van der Waals surface area contributed by atoms with Gasteiger partial charge in [-0.2, -0.15) is 13.2 Å². The Morgan fingerprint density at radius 1 is 1.03 bits per heavy atom. The highest BCUT2D eigenvalue weighted by Gasteiger charge is 2.36. The second kappa shape index (κ2) is 9.61. The fourth-order valence-electron chi connectivity index (χ4n) is 3.62. The van der Waals surface area contributed by atoms with Crippen LogP contribution < -0.4 is 10.1 Å². The number of aromatic hydroxyl groups is 1. The average Bonchev–Trinajstić information content (AvgIpc) is 2.84. The van der Waals surface area contributed by atoms with Gasteiger partial charge in [0.2, 0.25) is 0 Å². The minimum atomic E-state index is -4.70. The molecule has 1 heterocycles. The molecule has 0 saturated carbocycles. The van der Waals surface area contributed by atoms with Crippen molar-refractivity contribution in [3.05, 3.63) is 101 Å². The number of amides is 1. The van der Waals surface area contributed by atoms with Crippen molar-refractivity contribution in [2.24, 2.45) is 0 Å². The van der Waals surface area contributed by atoms with Crippen molar-refractivity contribution < 1.29 is 27.8 Å². The number of aromatic nitrogens is 1. The van der Waals surface area contributed by atoms with Crippen molar-refractivity contribution in [1.82, 2.24) is 10.3 Å². The van der Waals surface area contributed by atoms with E-state index in [1.54, 1.807) is 42.5 Å². The number of hydrogen-bond acceptors (Lipinski definition) is 4. The number of hydrogen-bond donors (Lipinski definition) is 2. The lowest BCUT2D eigenvalue weighted by Gasteiger charge is -2.25. The Morgan fingerprint density at radius 2 is 1.74 bits per heavy atom. The maximum absolute atomic E-state index is 13.8. The molecule has 0 radical (unpaired) electrons. The van der Waals surface area contributed by atoms with E-state index >= 15 is 0 Å². The van der Waals surface area contributed by atoms with E-state index in [0.29, 0.717) is 11.1 Å². The number of halogens is 4. The number of nitrogens with one attached hydrogen (secondary N) is 1. The summed E-state index contributed by atoms with van der Waals surface area (Å²) in [7, 11) is 0. The topological polar surface area (TPSA) is 71.5 Å². The Balaban J connectivity index is 1.78. The summed E-state index contributed by atoms with van der Waals surface area (Å²) in [5, 5.41) is 14.1. The second-order valence-corrected chi connectivity index (χ2v) is 7.79. The predicted octanol–water partition coefficient (Wildman–Crippen LogP) is 5.90. The van der Waals surface area contributed by atoms with Crippen molar-refractivity contribution in [2.45, 2.75) is 12.2 Å². The number of phenols is 1. The van der Waals surface area contributed by atoms with Crippen molar-refractivity contribution >= 4 is 28.4 Å². The maximum Gasteiger partial charge on any atom is 0.416 e. The van der Waals surface area contributed by atoms with E-state index in [4.69, 9.17) is 16.3 Å². The zero-order valence-corrected chi connectivity index (χ0v) is 18.3. The molecule has 2 N–H and O–H groups in total. The Labute approximate surface area is 197 Å². The second-order valence-electron chi connectivity index (χ2n) is 7.38. The Kier molecular flexibility index (Phi) is 6.61. The van der Waals surface area contributed by atoms with Crippen LogP contribution in [0.1, 0.15) is 22.7 Å². The van der Waals surface area contributed by atoms with Crippen LogP contribution in [0, 0.1) is 0 Å². The van der Waals surface area contributed by atoms with Crippen LogP contribution in [0.4, 0.5) is 13.2 Å². The van der Waals surface area contributed by atoms with Crippen LogP contribution in [-0.4, -0.2) is 22.6 Å². The first-order valence-corrected chi connectivity index (χ1v) is 10.5. The Hall–Kier alpha value is -3.78. The van der Waals surface area contributed by atoms with Gasteiger partial charge in [0.15, 0.2) is 6.61 Å². The minimum Gasteiger partial charge on any atom is -0.505 e. The Bertz CT molecular complexity index is 1330. The fraction of sp³-hybridized carbons (Fsp3) is 0.120. The number of fused-ring (bicyclic) bond motifs is 1. The maximum atomic E-state index is 13.8. The van der Waals surface area contributed by atoms with Crippen LogP contribution in [0.2, 0.25) is 5.02 Å². The molecule has 0 spiro atoms. The lowest BCUT2D eigenvalue weighted by Crippen LogP contribution is -2.34. The third kappa shape index (κ3) is 4.92. The molecule has 1 aromatic heterocycles. The molecule has 5 nitrogen and oxygen atoms in total. The van der Waals surface area contributed by atoms with Gasteiger partial charge in [-0.15, -0.1) is 0 Å². The van der Waals surface area contributed by atoms with E-state index in [0.717, 1.165) is 6.07 Å². The number of para-hydroxylation sites is 1. The Morgan fingerprint density at radius 3 is 2.47 bits per heavy atom. The van der Waals surface area contributed by atoms with Gasteiger partial charge < -0.3 is 15.2 Å². The molecule has 4 rings (SSSR count). The number of pyridine rings is 1. The summed E-state index contributed by atoms with van der Waals surface area (Å²) in [5.41, 5.74) is -1.14. The zero-order chi connectivity index (χ0) is 24.3. The van der Waals surface area contributed by atoms with Gasteiger partial charge in [0.1, 0.15) is 17.0 Å². The first kappa shape index (κ1) is 23.4. The summed E-state index contributed by atoms with van der Waals surface area (Å²) >= 11 is 6.36. The number of rotatable bonds is 6. The molecule has 1 unspecified atom stereocenters. The number of phenolic OH excluding ortho intramolecular Hbond substituents is 1. The van der Waals surface area contributed by atoms with Gasteiger partial charge in [-0.3, -0.25) is 9.78 Å². The van der Waals surface area contributed by atoms with Gasteiger partial charge in [-0.1, -0.05) is 48.0 Å². The van der Waals surface area contributed by atoms with Gasteiger partial charge in [0.25, 0.3) is 5.91 Å². The molecule has 1 atom stereocenters. The summed E-state index contributed by atoms with van der Waals surface area (Å²) in [4.78, 5) is 16.9. The van der Waals surface area contributed by atoms with Gasteiger partial charge in [0.05, 0.1) is 16.6 Å². The lowest BCUT2D eigenvalue weighted by molar-refractivity contribution is -0.138. The highest BCUT2D eigenvalue weighted by Crippen LogP contribution is 2.42. The standard InChI is InChI=1S/C25H18ClF3N2O3/c26-20-13-18(24(33)23-17(20)10-6-12-30-23)22(16-9-4-5-11-19(16)25(27,28)29)31-21(32)14-34-15-7-2-1-3-8-15/h1-13,22,33H,14H2,(H,31,32). The number of ether oxygens (including phenoxy) is 1. The summed E-state index contributed by atoms with van der Waals surface area (Å²) in [6.45, 7) is -0.449. The summed E-state index contributed by atoms with van der Waals surface area (Å²) in [6, 6.07) is 16.5. The van der Waals surface area contributed by atoms with Crippen molar-refractivity contribution in [1.29, 1.82) is 0 Å². The molecule has 1 amide bonds. The third-order valence-corrected chi connectivity index (χ3v) is 5.46. The highest BCUT2D eigenvalue weighted by atomic mass is 35.5. The number of carbonyl (C=O) groups is 1. The van der Waals surface area contributed by atoms with Crippen LogP contribution in [-0.2, 0) is 11.0 Å². The van der Waals surface area contributed by atoms with E-state index in [-0.39, 0.29) is 27.4 Å². The van der Waals surface area contributed by atoms with Crippen molar-refractivity contribution in [2.75, 3.05) is 6.61 Å². The fourth-order valence-corrected chi connectivity index (χ4v) is 3.89. The summed E-state index contributed by atoms with van der Waals surface area (Å²) < 4.78 is 46.9. The van der Waals surface area contributed by atoms with Gasteiger partial charge in [-0.25, -0.2) is 0 Å². The van der Waals surface area contributed by atoms with Gasteiger partial charge in [-0.05, 0) is 42.0 Å². The molecule has 4 aromatic rings. The van der Waals surface area contributed by atoms with Gasteiger partial charge >= 0.3 is 6.18 Å². The van der Waals surface area contributed by atoms with E-state index in [9.17, 15) is 23.1 Å². The molecule has 3 aromatic carbocycles. The minimum absolute atomic E-state index is 0.0269. The van der Waals surface area contributed by atoms with E-state index in [1.165, 1.54) is 30.5 Å². The normalized spacial score (nSPS) is 12.4. The molecule has 34 heavy (non-hydrogen) atoms. The summed E-state index contributed by atoms with van der Waals surface area (Å²) in [5.74, 6) is -0.653. The monoisotopic (exact) mass is 486 g/mol. The van der Waals surface area contributed by atoms with E-state index in [1.807, 2.05) is 0 Å². The smallest absolute Gasteiger partial charge is 0.416 e. The highest BCUT2D eigenvalue weighted by molar-refractivity contribution is 6.35. The van der Waals surface area contributed by atoms with Crippen molar-refractivity contribution in [3.63, 3.8) is 0 Å². The van der Waals surface area contributed by atoms with Crippen LogP contribution in [0.15, 0.2) is 79.0 Å². The van der Waals surface area contributed by atoms with E-state index < -0.39 is 30.3 Å². The molecule has 0 saturated heterocycles. The number of alkyl halides is 3. The molecule has 0 aliphatic heterocycles. The lowest BCUT2D eigenvalue weighted by atomic mass is 9.92. The third-order valence-electron chi connectivity index (χ3n) is 5.15. The number of carbonyl (C=O) groups excluding carboxylic acids is 1. The largest absolute Gasteiger partial charge is 0.505 e.